The van der Waals surface area contributed by atoms with Gasteiger partial charge in [0.15, 0.2) is 11.7 Å². The number of morpholine rings is 1. The highest BCUT2D eigenvalue weighted by atomic mass is 127. The molecule has 1 fully saturated rings. The van der Waals surface area contributed by atoms with E-state index in [1.807, 2.05) is 0 Å². The first-order valence-corrected chi connectivity index (χ1v) is 9.76. The lowest BCUT2D eigenvalue weighted by molar-refractivity contribution is -0.140. The standard InChI is InChI=1S/C17H28F3N5OS.HI/c1-11-7-25(8-12(2)26-11)16(3,4)10-23-15(21-5)22-6-14-24-13(9-27-14)17(18,19)20;/h9,11-12H,6-8,10H2,1-5H3,(H2,21,22,23);1H. The number of hydrogen-bond donors (Lipinski definition) is 2. The summed E-state index contributed by atoms with van der Waals surface area (Å²) in [6, 6.07) is 0. The quantitative estimate of drug-likeness (QED) is 0.344. The van der Waals surface area contributed by atoms with E-state index in [4.69, 9.17) is 4.74 Å². The molecule has 0 spiro atoms. The van der Waals surface area contributed by atoms with Gasteiger partial charge in [0, 0.05) is 37.6 Å². The topological polar surface area (TPSA) is 61.8 Å². The number of hydrogen-bond acceptors (Lipinski definition) is 5. The van der Waals surface area contributed by atoms with Crippen LogP contribution in [0.25, 0.3) is 0 Å². The maximum Gasteiger partial charge on any atom is 0.434 e. The molecule has 2 unspecified atom stereocenters. The molecular weight excluding hydrogens is 506 g/mol. The minimum Gasteiger partial charge on any atom is -0.373 e. The van der Waals surface area contributed by atoms with Gasteiger partial charge in [0.2, 0.25) is 0 Å². The molecule has 0 radical (unpaired) electrons. The zero-order chi connectivity index (χ0) is 20.2. The zero-order valence-electron chi connectivity index (χ0n) is 16.8. The number of nitrogens with one attached hydrogen (secondary N) is 2. The van der Waals surface area contributed by atoms with Crippen LogP contribution >= 0.6 is 35.3 Å². The van der Waals surface area contributed by atoms with Gasteiger partial charge in [0.1, 0.15) is 5.01 Å². The molecule has 0 aromatic carbocycles. The first kappa shape index (κ1) is 25.4. The maximum absolute atomic E-state index is 12.6. The summed E-state index contributed by atoms with van der Waals surface area (Å²) < 4.78 is 43.7. The third-order valence-corrected chi connectivity index (χ3v) is 5.29. The molecule has 0 aliphatic carbocycles. The highest BCUT2D eigenvalue weighted by molar-refractivity contribution is 14.0. The molecule has 1 saturated heterocycles. The number of alkyl halides is 3. The normalized spacial score (nSPS) is 21.9. The lowest BCUT2D eigenvalue weighted by Gasteiger charge is -2.45. The Balaban J connectivity index is 0.00000392. The summed E-state index contributed by atoms with van der Waals surface area (Å²) in [5.74, 6) is 0.529. The van der Waals surface area contributed by atoms with Gasteiger partial charge in [-0.2, -0.15) is 13.2 Å². The Hall–Kier alpha value is -0.660. The number of rotatable bonds is 5. The lowest BCUT2D eigenvalue weighted by Crippen LogP contribution is -2.59. The molecule has 28 heavy (non-hydrogen) atoms. The zero-order valence-corrected chi connectivity index (χ0v) is 19.9. The molecule has 2 heterocycles. The molecule has 2 atom stereocenters. The number of halogens is 4. The average Bonchev–Trinajstić information content (AvgIpc) is 3.03. The Labute approximate surface area is 185 Å². The Bertz CT molecular complexity index is 643. The van der Waals surface area contributed by atoms with E-state index in [9.17, 15) is 13.2 Å². The van der Waals surface area contributed by atoms with Crippen molar-refractivity contribution in [1.82, 2.24) is 20.5 Å². The van der Waals surface area contributed by atoms with Crippen molar-refractivity contribution >= 4 is 41.3 Å². The van der Waals surface area contributed by atoms with E-state index in [2.05, 4.69) is 53.2 Å². The molecular formula is C17H29F3IN5OS. The predicted molar refractivity (Wildman–Crippen MR) is 116 cm³/mol. The fourth-order valence-electron chi connectivity index (χ4n) is 2.99. The minimum absolute atomic E-state index is 0. The van der Waals surface area contributed by atoms with Crippen molar-refractivity contribution in [2.24, 2.45) is 4.99 Å². The average molecular weight is 535 g/mol. The molecule has 0 saturated carbocycles. The second-order valence-electron chi connectivity index (χ2n) is 7.38. The number of ether oxygens (including phenoxy) is 1. The Morgan fingerprint density at radius 2 is 1.89 bits per heavy atom. The smallest absolute Gasteiger partial charge is 0.373 e. The minimum atomic E-state index is -4.41. The van der Waals surface area contributed by atoms with Crippen LogP contribution in [0.3, 0.4) is 0 Å². The fourth-order valence-corrected chi connectivity index (χ4v) is 3.73. The van der Waals surface area contributed by atoms with Gasteiger partial charge in [0.25, 0.3) is 0 Å². The Morgan fingerprint density at radius 1 is 1.29 bits per heavy atom. The van der Waals surface area contributed by atoms with Gasteiger partial charge >= 0.3 is 6.18 Å². The first-order chi connectivity index (χ1) is 12.5. The monoisotopic (exact) mass is 535 g/mol. The van der Waals surface area contributed by atoms with Gasteiger partial charge < -0.3 is 15.4 Å². The second-order valence-corrected chi connectivity index (χ2v) is 8.32. The number of aromatic nitrogens is 1. The van der Waals surface area contributed by atoms with E-state index in [0.29, 0.717) is 17.5 Å². The van der Waals surface area contributed by atoms with Crippen LogP contribution in [0.15, 0.2) is 10.4 Å². The summed E-state index contributed by atoms with van der Waals surface area (Å²) in [5, 5.41) is 7.66. The van der Waals surface area contributed by atoms with E-state index in [0.717, 1.165) is 29.8 Å². The highest BCUT2D eigenvalue weighted by Crippen LogP contribution is 2.29. The predicted octanol–water partition coefficient (Wildman–Crippen LogP) is 3.33. The van der Waals surface area contributed by atoms with Crippen molar-refractivity contribution in [3.8, 4) is 0 Å². The van der Waals surface area contributed by atoms with Crippen LogP contribution in [-0.2, 0) is 17.5 Å². The largest absolute Gasteiger partial charge is 0.434 e. The molecule has 1 aliphatic rings. The van der Waals surface area contributed by atoms with Crippen molar-refractivity contribution in [3.63, 3.8) is 0 Å². The van der Waals surface area contributed by atoms with E-state index >= 15 is 0 Å². The summed E-state index contributed by atoms with van der Waals surface area (Å²) in [6.07, 6.45) is -4.05. The summed E-state index contributed by atoms with van der Waals surface area (Å²) in [7, 11) is 1.63. The number of thiazole rings is 1. The van der Waals surface area contributed by atoms with Crippen molar-refractivity contribution in [1.29, 1.82) is 0 Å². The van der Waals surface area contributed by atoms with Crippen LogP contribution in [0.1, 0.15) is 38.4 Å². The Kier molecular flexibility index (Phi) is 9.42. The van der Waals surface area contributed by atoms with Crippen LogP contribution in [-0.4, -0.2) is 60.3 Å². The molecule has 1 aromatic rings. The van der Waals surface area contributed by atoms with Gasteiger partial charge in [-0.05, 0) is 27.7 Å². The molecule has 6 nitrogen and oxygen atoms in total. The summed E-state index contributed by atoms with van der Waals surface area (Å²) >= 11 is 0.977. The van der Waals surface area contributed by atoms with Gasteiger partial charge in [-0.3, -0.25) is 9.89 Å². The van der Waals surface area contributed by atoms with Crippen LogP contribution in [0.5, 0.6) is 0 Å². The van der Waals surface area contributed by atoms with Crippen LogP contribution < -0.4 is 10.6 Å². The van der Waals surface area contributed by atoms with Crippen molar-refractivity contribution in [3.05, 3.63) is 16.1 Å². The van der Waals surface area contributed by atoms with Gasteiger partial charge in [-0.15, -0.1) is 35.3 Å². The molecule has 1 aliphatic heterocycles. The van der Waals surface area contributed by atoms with Crippen molar-refractivity contribution in [2.45, 2.75) is 58.2 Å². The molecule has 162 valence electrons. The fraction of sp³-hybridized carbons (Fsp3) is 0.765. The highest BCUT2D eigenvalue weighted by Gasteiger charge is 2.34. The van der Waals surface area contributed by atoms with Crippen LogP contribution in [0, 0.1) is 0 Å². The number of guanidine groups is 1. The lowest BCUT2D eigenvalue weighted by atomic mass is 10.00. The van der Waals surface area contributed by atoms with Gasteiger partial charge in [0.05, 0.1) is 18.8 Å². The Morgan fingerprint density at radius 3 is 2.39 bits per heavy atom. The van der Waals surface area contributed by atoms with Crippen molar-refractivity contribution in [2.75, 3.05) is 26.7 Å². The second kappa shape index (κ2) is 10.4. The van der Waals surface area contributed by atoms with E-state index in [-0.39, 0.29) is 48.3 Å². The van der Waals surface area contributed by atoms with E-state index in [1.54, 1.807) is 7.05 Å². The van der Waals surface area contributed by atoms with Crippen LogP contribution in [0.2, 0.25) is 0 Å². The van der Waals surface area contributed by atoms with Gasteiger partial charge in [-0.1, -0.05) is 0 Å². The molecule has 11 heteroatoms. The molecule has 2 N–H and O–H groups in total. The molecule has 1 aromatic heterocycles. The summed E-state index contributed by atoms with van der Waals surface area (Å²) in [4.78, 5) is 10.1. The van der Waals surface area contributed by atoms with Crippen molar-refractivity contribution < 1.29 is 17.9 Å². The number of aliphatic imine (C=N–C) groups is 1. The summed E-state index contributed by atoms with van der Waals surface area (Å²) in [5.41, 5.74) is -0.988. The third kappa shape index (κ3) is 7.30. The maximum atomic E-state index is 12.6. The van der Waals surface area contributed by atoms with Crippen LogP contribution in [0.4, 0.5) is 13.2 Å². The first-order valence-electron chi connectivity index (χ1n) is 8.88. The molecule has 0 bridgehead atoms. The van der Waals surface area contributed by atoms with E-state index in [1.165, 1.54) is 0 Å². The number of nitrogens with zero attached hydrogens (tertiary/aromatic N) is 3. The summed E-state index contributed by atoms with van der Waals surface area (Å²) in [6.45, 7) is 11.0. The van der Waals surface area contributed by atoms with Gasteiger partial charge in [-0.25, -0.2) is 4.98 Å². The van der Waals surface area contributed by atoms with E-state index < -0.39 is 11.9 Å². The third-order valence-electron chi connectivity index (χ3n) is 4.44. The molecule has 0 amide bonds. The SMILES string of the molecule is CN=C(NCc1nc(C(F)(F)F)cs1)NCC(C)(C)N1CC(C)OC(C)C1.I. The molecule has 2 rings (SSSR count).